The number of carbonyl (C=O) groups is 2. The van der Waals surface area contributed by atoms with Crippen LogP contribution >= 0.6 is 11.8 Å². The van der Waals surface area contributed by atoms with E-state index in [0.29, 0.717) is 30.6 Å². The van der Waals surface area contributed by atoms with Gasteiger partial charge in [-0.1, -0.05) is 65.7 Å². The highest BCUT2D eigenvalue weighted by atomic mass is 32.2. The Morgan fingerprint density at radius 2 is 1.76 bits per heavy atom. The van der Waals surface area contributed by atoms with Gasteiger partial charge in [0.2, 0.25) is 0 Å². The van der Waals surface area contributed by atoms with Crippen molar-refractivity contribution in [2.75, 3.05) is 42.2 Å². The predicted molar refractivity (Wildman–Crippen MR) is 176 cm³/mol. The fourth-order valence-electron chi connectivity index (χ4n) is 5.48. The number of anilines is 2. The van der Waals surface area contributed by atoms with Gasteiger partial charge in [0.05, 0.1) is 23.1 Å². The zero-order valence-electron chi connectivity index (χ0n) is 26.6. The number of carboxylic acid groups (broad SMARTS) is 1. The van der Waals surface area contributed by atoms with Crippen molar-refractivity contribution in [3.05, 3.63) is 53.6 Å². The van der Waals surface area contributed by atoms with Crippen LogP contribution in [0.3, 0.4) is 0 Å². The number of rotatable bonds is 15. The molecule has 0 bridgehead atoms. The SMILES string of the molecule is CCCOc1ccc(C(Cc2ccc(NC(=O)N3CCSC3(C)C)cc2)C(=O)O)cc1N(CC(C)C)CC(CC)CC. The van der Waals surface area contributed by atoms with E-state index in [1.54, 1.807) is 11.8 Å². The highest BCUT2D eigenvalue weighted by molar-refractivity contribution is 8.00. The lowest BCUT2D eigenvalue weighted by Crippen LogP contribution is -2.43. The van der Waals surface area contributed by atoms with Crippen LogP contribution in [0.4, 0.5) is 16.2 Å². The Bertz CT molecular complexity index is 1160. The Morgan fingerprint density at radius 1 is 1.07 bits per heavy atom. The maximum absolute atomic E-state index is 12.8. The summed E-state index contributed by atoms with van der Waals surface area (Å²) in [7, 11) is 0. The van der Waals surface area contributed by atoms with Crippen LogP contribution in [0.25, 0.3) is 0 Å². The number of carboxylic acids is 1. The number of amides is 2. The molecular weight excluding hydrogens is 546 g/mol. The highest BCUT2D eigenvalue weighted by Gasteiger charge is 2.36. The molecule has 0 radical (unpaired) electrons. The van der Waals surface area contributed by atoms with Crippen molar-refractivity contribution < 1.29 is 19.4 Å². The maximum atomic E-state index is 12.8. The number of aliphatic carboxylic acids is 1. The number of nitrogens with one attached hydrogen (secondary N) is 1. The molecule has 0 spiro atoms. The van der Waals surface area contributed by atoms with E-state index in [2.05, 4.69) is 58.7 Å². The van der Waals surface area contributed by atoms with Gasteiger partial charge < -0.3 is 25.0 Å². The molecule has 2 amide bonds. The molecule has 7 nitrogen and oxygen atoms in total. The van der Waals surface area contributed by atoms with Crippen molar-refractivity contribution in [3.63, 3.8) is 0 Å². The molecule has 1 fully saturated rings. The second kappa shape index (κ2) is 15.6. The molecule has 2 aromatic rings. The molecule has 2 aromatic carbocycles. The van der Waals surface area contributed by atoms with Gasteiger partial charge in [0.1, 0.15) is 5.75 Å². The highest BCUT2D eigenvalue weighted by Crippen LogP contribution is 2.36. The van der Waals surface area contributed by atoms with Crippen LogP contribution < -0.4 is 15.0 Å². The monoisotopic (exact) mass is 597 g/mol. The Balaban J connectivity index is 1.85. The summed E-state index contributed by atoms with van der Waals surface area (Å²) in [5.41, 5.74) is 3.36. The second-order valence-electron chi connectivity index (χ2n) is 12.2. The molecule has 3 rings (SSSR count). The Labute approximate surface area is 257 Å². The zero-order valence-corrected chi connectivity index (χ0v) is 27.4. The molecule has 1 aliphatic heterocycles. The fraction of sp³-hybridized carbons (Fsp3) is 0.588. The first-order valence-electron chi connectivity index (χ1n) is 15.5. The zero-order chi connectivity index (χ0) is 30.9. The van der Waals surface area contributed by atoms with E-state index in [-0.39, 0.29) is 10.9 Å². The third-order valence-corrected chi connectivity index (χ3v) is 9.33. The number of hydrogen-bond acceptors (Lipinski definition) is 5. The van der Waals surface area contributed by atoms with Crippen molar-refractivity contribution in [2.45, 2.75) is 84.9 Å². The molecule has 8 heteroatoms. The first-order chi connectivity index (χ1) is 20.0. The summed E-state index contributed by atoms with van der Waals surface area (Å²) in [6.45, 7) is 18.2. The molecule has 42 heavy (non-hydrogen) atoms. The number of benzene rings is 2. The summed E-state index contributed by atoms with van der Waals surface area (Å²) in [5, 5.41) is 13.3. The predicted octanol–water partition coefficient (Wildman–Crippen LogP) is 8.10. The first kappa shape index (κ1) is 33.6. The average molecular weight is 598 g/mol. The third-order valence-electron chi connectivity index (χ3n) is 8.02. The minimum Gasteiger partial charge on any atom is -0.491 e. The smallest absolute Gasteiger partial charge is 0.322 e. The van der Waals surface area contributed by atoms with Gasteiger partial charge in [0, 0.05) is 31.1 Å². The van der Waals surface area contributed by atoms with Crippen molar-refractivity contribution in [1.82, 2.24) is 4.90 Å². The molecular formula is C34H51N3O4S. The van der Waals surface area contributed by atoms with Crippen LogP contribution in [0.1, 0.15) is 84.8 Å². The Kier molecular flexibility index (Phi) is 12.5. The maximum Gasteiger partial charge on any atom is 0.322 e. The molecule has 1 unspecified atom stereocenters. The molecule has 1 saturated heterocycles. The van der Waals surface area contributed by atoms with Gasteiger partial charge >= 0.3 is 12.0 Å². The van der Waals surface area contributed by atoms with E-state index in [4.69, 9.17) is 4.74 Å². The molecule has 1 heterocycles. The van der Waals surface area contributed by atoms with Crippen LogP contribution in [-0.2, 0) is 11.2 Å². The summed E-state index contributed by atoms with van der Waals surface area (Å²) in [6.07, 6.45) is 3.45. The largest absolute Gasteiger partial charge is 0.491 e. The van der Waals surface area contributed by atoms with Crippen LogP contribution in [0.5, 0.6) is 5.75 Å². The molecule has 232 valence electrons. The van der Waals surface area contributed by atoms with E-state index >= 15 is 0 Å². The molecule has 0 aliphatic carbocycles. The molecule has 1 aliphatic rings. The lowest BCUT2D eigenvalue weighted by atomic mass is 9.91. The van der Waals surface area contributed by atoms with Gasteiger partial charge in [0.25, 0.3) is 0 Å². The van der Waals surface area contributed by atoms with E-state index in [1.165, 1.54) is 0 Å². The number of ether oxygens (including phenoxy) is 1. The van der Waals surface area contributed by atoms with Crippen LogP contribution in [0.15, 0.2) is 42.5 Å². The molecule has 0 aromatic heterocycles. The second-order valence-corrected chi connectivity index (χ2v) is 13.9. The van der Waals surface area contributed by atoms with Crippen LogP contribution in [0.2, 0.25) is 0 Å². The molecule has 0 saturated carbocycles. The number of carbonyl (C=O) groups excluding carboxylic acids is 1. The van der Waals surface area contributed by atoms with Crippen molar-refractivity contribution in [3.8, 4) is 5.75 Å². The minimum absolute atomic E-state index is 0.113. The van der Waals surface area contributed by atoms with Gasteiger partial charge in [0.15, 0.2) is 0 Å². The van der Waals surface area contributed by atoms with E-state index in [1.807, 2.05) is 47.4 Å². The summed E-state index contributed by atoms with van der Waals surface area (Å²) >= 11 is 1.77. The van der Waals surface area contributed by atoms with Crippen molar-refractivity contribution >= 4 is 35.1 Å². The lowest BCUT2D eigenvalue weighted by Gasteiger charge is -2.32. The number of hydrogen-bond donors (Lipinski definition) is 2. The van der Waals surface area contributed by atoms with Crippen LogP contribution in [0, 0.1) is 11.8 Å². The third kappa shape index (κ3) is 9.06. The standard InChI is InChI=1S/C34H51N3O4S/c1-8-18-41-31-16-13-27(21-30(31)36(22-24(4)5)23-25(9-2)10-3)29(32(38)39)20-26-11-14-28(15-12-26)35-33(40)37-17-19-42-34(37,6)7/h11-16,21,24-25,29H,8-10,17-20,22-23H2,1-7H3,(H,35,40)(H,38,39). The number of urea groups is 1. The van der Waals surface area contributed by atoms with Crippen molar-refractivity contribution in [2.24, 2.45) is 11.8 Å². The fourth-order valence-corrected chi connectivity index (χ4v) is 6.58. The van der Waals surface area contributed by atoms with Gasteiger partial charge in [-0.3, -0.25) is 4.79 Å². The number of nitrogens with zero attached hydrogens (tertiary/aromatic N) is 2. The number of thioether (sulfide) groups is 1. The van der Waals surface area contributed by atoms with Crippen molar-refractivity contribution in [1.29, 1.82) is 0 Å². The van der Waals surface area contributed by atoms with Gasteiger partial charge in [-0.2, -0.15) is 0 Å². The van der Waals surface area contributed by atoms with E-state index in [0.717, 1.165) is 67.2 Å². The van der Waals surface area contributed by atoms with Gasteiger partial charge in [-0.05, 0) is 73.9 Å². The van der Waals surface area contributed by atoms with E-state index < -0.39 is 11.9 Å². The summed E-state index contributed by atoms with van der Waals surface area (Å²) in [4.78, 5) is 29.4. The normalized spacial score (nSPS) is 15.2. The topological polar surface area (TPSA) is 82.1 Å². The Morgan fingerprint density at radius 3 is 2.31 bits per heavy atom. The summed E-state index contributed by atoms with van der Waals surface area (Å²) in [5.74, 6) is 1.18. The Hall–Kier alpha value is -2.87. The molecule has 1 atom stereocenters. The van der Waals surface area contributed by atoms with E-state index in [9.17, 15) is 14.7 Å². The average Bonchev–Trinajstić information content (AvgIpc) is 3.32. The summed E-state index contributed by atoms with van der Waals surface area (Å²) in [6, 6.07) is 13.3. The molecule has 2 N–H and O–H groups in total. The van der Waals surface area contributed by atoms with Crippen LogP contribution in [-0.4, -0.2) is 58.9 Å². The quantitative estimate of drug-likeness (QED) is 0.216. The van der Waals surface area contributed by atoms with Gasteiger partial charge in [-0.25, -0.2) is 4.79 Å². The minimum atomic E-state index is -0.857. The van der Waals surface area contributed by atoms with Gasteiger partial charge in [-0.15, -0.1) is 11.8 Å². The summed E-state index contributed by atoms with van der Waals surface area (Å²) < 4.78 is 6.18. The first-order valence-corrected chi connectivity index (χ1v) is 16.5. The lowest BCUT2D eigenvalue weighted by molar-refractivity contribution is -0.138.